The van der Waals surface area contributed by atoms with Gasteiger partial charge in [0.1, 0.15) is 0 Å². The molecule has 2 aliphatic rings. The number of aliphatic hydroxyl groups is 1. The largest absolute Gasteiger partial charge is 0.393 e. The molecule has 0 unspecified atom stereocenters. The Morgan fingerprint density at radius 2 is 1.83 bits per heavy atom. The first-order valence-electron chi connectivity index (χ1n) is 5.25. The Bertz CT molecular complexity index is 146. The Hall–Kier alpha value is -0.0800. The average Bonchev–Trinajstić information content (AvgIpc) is 2.32. The molecule has 0 amide bonds. The van der Waals surface area contributed by atoms with E-state index in [4.69, 9.17) is 0 Å². The molecule has 0 spiro atoms. The number of hydrogen-bond donors (Lipinski definition) is 1. The van der Waals surface area contributed by atoms with E-state index in [1.165, 1.54) is 25.8 Å². The second-order valence-corrected chi connectivity index (χ2v) is 4.25. The lowest BCUT2D eigenvalue weighted by Crippen LogP contribution is -2.44. The summed E-state index contributed by atoms with van der Waals surface area (Å²) < 4.78 is 0. The van der Waals surface area contributed by atoms with Gasteiger partial charge in [-0.05, 0) is 38.6 Å². The number of rotatable bonds is 2. The van der Waals surface area contributed by atoms with Crippen LogP contribution < -0.4 is 0 Å². The topological polar surface area (TPSA) is 23.5 Å². The van der Waals surface area contributed by atoms with Crippen LogP contribution in [0.3, 0.4) is 0 Å². The average molecular weight is 169 g/mol. The van der Waals surface area contributed by atoms with Gasteiger partial charge in [-0.25, -0.2) is 0 Å². The maximum absolute atomic E-state index is 9.55. The molecular formula is C10H19NO. The molecule has 0 aromatic carbocycles. The third-order valence-electron chi connectivity index (χ3n) is 3.34. The summed E-state index contributed by atoms with van der Waals surface area (Å²) in [6.07, 6.45) is 5.94. The molecule has 2 aliphatic heterocycles. The van der Waals surface area contributed by atoms with Gasteiger partial charge in [0.25, 0.3) is 0 Å². The molecule has 2 saturated heterocycles. The zero-order valence-corrected chi connectivity index (χ0v) is 7.87. The highest BCUT2D eigenvalue weighted by Gasteiger charge is 2.39. The van der Waals surface area contributed by atoms with Crippen LogP contribution in [0.25, 0.3) is 0 Å². The highest BCUT2D eigenvalue weighted by atomic mass is 16.3. The highest BCUT2D eigenvalue weighted by Crippen LogP contribution is 2.35. The number of hydrogen-bond acceptors (Lipinski definition) is 2. The van der Waals surface area contributed by atoms with Crippen molar-refractivity contribution in [2.24, 2.45) is 0 Å². The van der Waals surface area contributed by atoms with Crippen LogP contribution >= 0.6 is 0 Å². The SMILES string of the molecule is CCCN1[C@@H]2CC[C@@H]1CC(O)C2. The van der Waals surface area contributed by atoms with Gasteiger partial charge in [0, 0.05) is 12.1 Å². The minimum atomic E-state index is -0.00407. The van der Waals surface area contributed by atoms with Gasteiger partial charge in [-0.3, -0.25) is 4.90 Å². The molecule has 0 saturated carbocycles. The van der Waals surface area contributed by atoms with Gasteiger partial charge in [0.2, 0.25) is 0 Å². The first-order chi connectivity index (χ1) is 5.81. The summed E-state index contributed by atoms with van der Waals surface area (Å²) in [6, 6.07) is 1.41. The van der Waals surface area contributed by atoms with Crippen molar-refractivity contribution in [2.45, 2.75) is 57.2 Å². The van der Waals surface area contributed by atoms with Crippen LogP contribution in [0.5, 0.6) is 0 Å². The summed E-state index contributed by atoms with van der Waals surface area (Å²) in [5.41, 5.74) is 0. The number of aliphatic hydroxyl groups excluding tert-OH is 1. The second-order valence-electron chi connectivity index (χ2n) is 4.25. The first kappa shape index (κ1) is 8.52. The third-order valence-corrected chi connectivity index (χ3v) is 3.34. The quantitative estimate of drug-likeness (QED) is 0.675. The predicted molar refractivity (Wildman–Crippen MR) is 49.0 cm³/mol. The van der Waals surface area contributed by atoms with E-state index in [0.29, 0.717) is 12.1 Å². The van der Waals surface area contributed by atoms with Gasteiger partial charge in [0.05, 0.1) is 6.10 Å². The second kappa shape index (κ2) is 3.35. The first-order valence-corrected chi connectivity index (χ1v) is 5.25. The van der Waals surface area contributed by atoms with Gasteiger partial charge in [-0.15, -0.1) is 0 Å². The molecule has 2 heterocycles. The van der Waals surface area contributed by atoms with Gasteiger partial charge in [0.15, 0.2) is 0 Å². The van der Waals surface area contributed by atoms with E-state index in [2.05, 4.69) is 11.8 Å². The molecule has 2 bridgehead atoms. The molecule has 12 heavy (non-hydrogen) atoms. The van der Waals surface area contributed by atoms with E-state index in [0.717, 1.165) is 12.8 Å². The molecule has 0 aliphatic carbocycles. The molecule has 2 fully saturated rings. The summed E-state index contributed by atoms with van der Waals surface area (Å²) in [5, 5.41) is 9.55. The smallest absolute Gasteiger partial charge is 0.0570 e. The van der Waals surface area contributed by atoms with Crippen molar-refractivity contribution < 1.29 is 5.11 Å². The van der Waals surface area contributed by atoms with Gasteiger partial charge >= 0.3 is 0 Å². The lowest BCUT2D eigenvalue weighted by atomic mass is 10.00. The zero-order valence-electron chi connectivity index (χ0n) is 7.87. The Kier molecular flexibility index (Phi) is 2.37. The zero-order chi connectivity index (χ0) is 8.55. The Labute approximate surface area is 74.6 Å². The fraction of sp³-hybridized carbons (Fsp3) is 1.00. The predicted octanol–water partition coefficient (Wildman–Crippen LogP) is 1.38. The molecule has 1 N–H and O–H groups in total. The molecule has 2 rings (SSSR count). The number of nitrogens with zero attached hydrogens (tertiary/aromatic N) is 1. The Balaban J connectivity index is 1.99. The minimum absolute atomic E-state index is 0.00407. The lowest BCUT2D eigenvalue weighted by molar-refractivity contribution is 0.0356. The van der Waals surface area contributed by atoms with Gasteiger partial charge in [-0.1, -0.05) is 6.92 Å². The molecule has 0 radical (unpaired) electrons. The number of piperidine rings is 1. The van der Waals surface area contributed by atoms with Crippen molar-refractivity contribution >= 4 is 0 Å². The van der Waals surface area contributed by atoms with Crippen LogP contribution in [0, 0.1) is 0 Å². The van der Waals surface area contributed by atoms with Crippen LogP contribution in [-0.4, -0.2) is 34.7 Å². The van der Waals surface area contributed by atoms with Crippen LogP contribution in [0.4, 0.5) is 0 Å². The molecule has 2 nitrogen and oxygen atoms in total. The van der Waals surface area contributed by atoms with E-state index in [-0.39, 0.29) is 6.10 Å². The summed E-state index contributed by atoms with van der Waals surface area (Å²) >= 11 is 0. The Morgan fingerprint density at radius 1 is 1.25 bits per heavy atom. The minimum Gasteiger partial charge on any atom is -0.393 e. The maximum Gasteiger partial charge on any atom is 0.0570 e. The van der Waals surface area contributed by atoms with E-state index >= 15 is 0 Å². The summed E-state index contributed by atoms with van der Waals surface area (Å²) in [4.78, 5) is 2.62. The van der Waals surface area contributed by atoms with Crippen molar-refractivity contribution in [1.82, 2.24) is 4.90 Å². The molecular weight excluding hydrogens is 150 g/mol. The van der Waals surface area contributed by atoms with Crippen molar-refractivity contribution in [3.63, 3.8) is 0 Å². The fourth-order valence-corrected chi connectivity index (χ4v) is 2.87. The van der Waals surface area contributed by atoms with Crippen LogP contribution in [0.1, 0.15) is 39.0 Å². The van der Waals surface area contributed by atoms with E-state index in [1.807, 2.05) is 0 Å². The maximum atomic E-state index is 9.55. The van der Waals surface area contributed by atoms with Crippen molar-refractivity contribution in [2.75, 3.05) is 6.54 Å². The fourth-order valence-electron chi connectivity index (χ4n) is 2.87. The lowest BCUT2D eigenvalue weighted by Gasteiger charge is -2.36. The van der Waals surface area contributed by atoms with Crippen LogP contribution in [0.15, 0.2) is 0 Å². The molecule has 2 heteroatoms. The molecule has 0 aromatic heterocycles. The molecule has 2 atom stereocenters. The van der Waals surface area contributed by atoms with E-state index < -0.39 is 0 Å². The van der Waals surface area contributed by atoms with Crippen molar-refractivity contribution in [3.05, 3.63) is 0 Å². The Morgan fingerprint density at radius 3 is 2.33 bits per heavy atom. The van der Waals surface area contributed by atoms with Gasteiger partial charge < -0.3 is 5.11 Å². The standard InChI is InChI=1S/C10H19NO/c1-2-5-11-8-3-4-9(11)7-10(12)6-8/h8-10,12H,2-7H2,1H3/t8-,9-/m1/s1. The van der Waals surface area contributed by atoms with Crippen molar-refractivity contribution in [1.29, 1.82) is 0 Å². The van der Waals surface area contributed by atoms with E-state index in [1.54, 1.807) is 0 Å². The molecule has 70 valence electrons. The number of fused-ring (bicyclic) bond motifs is 2. The van der Waals surface area contributed by atoms with Crippen LogP contribution in [0.2, 0.25) is 0 Å². The van der Waals surface area contributed by atoms with E-state index in [9.17, 15) is 5.11 Å². The monoisotopic (exact) mass is 169 g/mol. The summed E-state index contributed by atoms with van der Waals surface area (Å²) in [7, 11) is 0. The van der Waals surface area contributed by atoms with Gasteiger partial charge in [-0.2, -0.15) is 0 Å². The van der Waals surface area contributed by atoms with Crippen LogP contribution in [-0.2, 0) is 0 Å². The third kappa shape index (κ3) is 1.38. The summed E-state index contributed by atoms with van der Waals surface area (Å²) in [5.74, 6) is 0. The normalized spacial score (nSPS) is 42.0. The summed E-state index contributed by atoms with van der Waals surface area (Å²) in [6.45, 7) is 3.48. The molecule has 0 aromatic rings. The van der Waals surface area contributed by atoms with Crippen molar-refractivity contribution in [3.8, 4) is 0 Å². The highest BCUT2D eigenvalue weighted by molar-refractivity contribution is 4.94.